The lowest BCUT2D eigenvalue weighted by Gasteiger charge is -2.42. The van der Waals surface area contributed by atoms with Crippen molar-refractivity contribution in [3.63, 3.8) is 0 Å². The average Bonchev–Trinajstić information content (AvgIpc) is 3.14. The van der Waals surface area contributed by atoms with E-state index in [1.165, 1.54) is 49.9 Å². The van der Waals surface area contributed by atoms with Gasteiger partial charge in [-0.2, -0.15) is 0 Å². The second-order valence-corrected chi connectivity index (χ2v) is 8.11. The Morgan fingerprint density at radius 1 is 1.24 bits per heavy atom. The number of unbranched alkanes of at least 4 members (excludes halogenated alkanes) is 1. The number of aliphatic hydroxyl groups excluding tert-OH is 1. The lowest BCUT2D eigenvalue weighted by Crippen LogP contribution is -2.47. The van der Waals surface area contributed by atoms with E-state index in [1.54, 1.807) is 0 Å². The Morgan fingerprint density at radius 2 is 2.08 bits per heavy atom. The van der Waals surface area contributed by atoms with E-state index in [-0.39, 0.29) is 11.5 Å². The highest BCUT2D eigenvalue weighted by molar-refractivity contribution is 5.75. The van der Waals surface area contributed by atoms with E-state index in [0.29, 0.717) is 0 Å². The Labute approximate surface area is 150 Å². The van der Waals surface area contributed by atoms with Crippen LogP contribution < -0.4 is 0 Å². The summed E-state index contributed by atoms with van der Waals surface area (Å²) < 4.78 is 2.42. The number of rotatable bonds is 5. The van der Waals surface area contributed by atoms with Crippen LogP contribution in [0.15, 0.2) is 24.3 Å². The minimum Gasteiger partial charge on any atom is -0.393 e. The Bertz CT molecular complexity index is 725. The summed E-state index contributed by atoms with van der Waals surface area (Å²) in [4.78, 5) is 7.50. The molecule has 136 valence electrons. The van der Waals surface area contributed by atoms with Gasteiger partial charge in [0.15, 0.2) is 0 Å². The van der Waals surface area contributed by atoms with Gasteiger partial charge < -0.3 is 9.67 Å². The number of para-hydroxylation sites is 2. The number of aryl methyl sites for hydroxylation is 1. The Kier molecular flexibility index (Phi) is 4.83. The van der Waals surface area contributed by atoms with E-state index < -0.39 is 0 Å². The summed E-state index contributed by atoms with van der Waals surface area (Å²) in [7, 11) is 0. The monoisotopic (exact) mass is 341 g/mol. The third-order valence-electron chi connectivity index (χ3n) is 6.38. The first-order chi connectivity index (χ1) is 12.2. The highest BCUT2D eigenvalue weighted by Crippen LogP contribution is 2.45. The van der Waals surface area contributed by atoms with Gasteiger partial charge in [0.2, 0.25) is 0 Å². The molecule has 25 heavy (non-hydrogen) atoms. The first kappa shape index (κ1) is 17.0. The van der Waals surface area contributed by atoms with Crippen LogP contribution in [0.1, 0.15) is 57.7 Å². The molecule has 0 radical (unpaired) electrons. The number of likely N-dealkylation sites (tertiary alicyclic amines) is 1. The van der Waals surface area contributed by atoms with E-state index in [9.17, 15) is 5.11 Å². The fraction of sp³-hybridized carbons (Fsp3) is 0.667. The van der Waals surface area contributed by atoms with E-state index in [2.05, 4.69) is 40.7 Å². The third kappa shape index (κ3) is 3.22. The second kappa shape index (κ2) is 7.08. The molecule has 1 aliphatic carbocycles. The number of aromatic nitrogens is 2. The number of aliphatic hydroxyl groups is 1. The maximum absolute atomic E-state index is 10.5. The molecular formula is C21H31N3O. The van der Waals surface area contributed by atoms with Crippen LogP contribution in [0.4, 0.5) is 0 Å². The maximum atomic E-state index is 10.5. The van der Waals surface area contributed by atoms with Crippen LogP contribution in [0.2, 0.25) is 0 Å². The molecule has 0 unspecified atom stereocenters. The molecule has 2 aromatic rings. The van der Waals surface area contributed by atoms with Crippen molar-refractivity contribution < 1.29 is 5.11 Å². The van der Waals surface area contributed by atoms with Crippen LogP contribution in [-0.2, 0) is 13.1 Å². The zero-order chi connectivity index (χ0) is 17.3. The van der Waals surface area contributed by atoms with E-state index >= 15 is 0 Å². The number of piperidine rings is 1. The summed E-state index contributed by atoms with van der Waals surface area (Å²) in [6.07, 6.45) is 8.04. The fourth-order valence-electron chi connectivity index (χ4n) is 5.00. The first-order valence-electron chi connectivity index (χ1n) is 10.1. The van der Waals surface area contributed by atoms with Gasteiger partial charge in [0, 0.05) is 18.5 Å². The summed E-state index contributed by atoms with van der Waals surface area (Å²) in [6.45, 7) is 6.37. The van der Waals surface area contributed by atoms with Crippen molar-refractivity contribution >= 4 is 11.0 Å². The van der Waals surface area contributed by atoms with Crippen molar-refractivity contribution in [3.05, 3.63) is 30.1 Å². The quantitative estimate of drug-likeness (QED) is 0.895. The summed E-state index contributed by atoms with van der Waals surface area (Å²) in [6, 6.07) is 8.51. The van der Waals surface area contributed by atoms with Crippen molar-refractivity contribution in [1.82, 2.24) is 14.5 Å². The second-order valence-electron chi connectivity index (χ2n) is 8.11. The van der Waals surface area contributed by atoms with Gasteiger partial charge in [0.1, 0.15) is 5.82 Å². The van der Waals surface area contributed by atoms with Crippen LogP contribution in [0, 0.1) is 5.41 Å². The number of hydrogen-bond donors (Lipinski definition) is 1. The molecule has 1 aliphatic heterocycles. The molecule has 2 aliphatic rings. The lowest BCUT2D eigenvalue weighted by atomic mass is 9.77. The fourth-order valence-corrected chi connectivity index (χ4v) is 5.00. The summed E-state index contributed by atoms with van der Waals surface area (Å²) in [5, 5.41) is 10.5. The molecule has 2 heterocycles. The van der Waals surface area contributed by atoms with Crippen LogP contribution in [-0.4, -0.2) is 38.8 Å². The van der Waals surface area contributed by atoms with Crippen LogP contribution in [0.5, 0.6) is 0 Å². The van der Waals surface area contributed by atoms with Gasteiger partial charge in [0.05, 0.1) is 23.7 Å². The Balaban J connectivity index is 1.57. The predicted octanol–water partition coefficient (Wildman–Crippen LogP) is 3.96. The molecule has 1 saturated heterocycles. The predicted molar refractivity (Wildman–Crippen MR) is 101 cm³/mol. The molecule has 1 aromatic heterocycles. The van der Waals surface area contributed by atoms with Gasteiger partial charge in [-0.15, -0.1) is 0 Å². The zero-order valence-electron chi connectivity index (χ0n) is 15.5. The van der Waals surface area contributed by atoms with Crippen molar-refractivity contribution in [1.29, 1.82) is 0 Å². The largest absolute Gasteiger partial charge is 0.393 e. The molecular weight excluding hydrogens is 310 g/mol. The number of nitrogens with zero attached hydrogens (tertiary/aromatic N) is 3. The normalized spacial score (nSPS) is 27.5. The van der Waals surface area contributed by atoms with Crippen molar-refractivity contribution in [2.75, 3.05) is 13.1 Å². The molecule has 1 spiro atoms. The highest BCUT2D eigenvalue weighted by Gasteiger charge is 2.44. The summed E-state index contributed by atoms with van der Waals surface area (Å²) >= 11 is 0. The maximum Gasteiger partial charge on any atom is 0.124 e. The van der Waals surface area contributed by atoms with Gasteiger partial charge in [0.25, 0.3) is 0 Å². The zero-order valence-corrected chi connectivity index (χ0v) is 15.5. The molecule has 2 fully saturated rings. The van der Waals surface area contributed by atoms with Gasteiger partial charge >= 0.3 is 0 Å². The molecule has 4 rings (SSSR count). The van der Waals surface area contributed by atoms with E-state index in [0.717, 1.165) is 38.1 Å². The van der Waals surface area contributed by atoms with Crippen LogP contribution >= 0.6 is 0 Å². The summed E-state index contributed by atoms with van der Waals surface area (Å²) in [5.74, 6) is 1.19. The Morgan fingerprint density at radius 3 is 2.88 bits per heavy atom. The van der Waals surface area contributed by atoms with Crippen molar-refractivity contribution in [3.8, 4) is 0 Å². The first-order valence-corrected chi connectivity index (χ1v) is 10.1. The molecule has 0 bridgehead atoms. The van der Waals surface area contributed by atoms with Crippen molar-refractivity contribution in [2.24, 2.45) is 5.41 Å². The SMILES string of the molecule is CCCCn1c(CN2CCC[C@]3(CCC[C@H]3O)C2)nc2ccccc21. The standard InChI is InChI=1S/C21H31N3O/c1-2-3-14-24-18-9-5-4-8-17(18)22-20(24)15-23-13-7-12-21(16-23)11-6-10-19(21)25/h4-5,8-9,19,25H,2-3,6-7,10-16H2,1H3/t19-,21-/m1/s1. The molecule has 1 aromatic carbocycles. The molecule has 1 saturated carbocycles. The van der Waals surface area contributed by atoms with Gasteiger partial charge in [-0.05, 0) is 50.8 Å². The summed E-state index contributed by atoms with van der Waals surface area (Å²) in [5.41, 5.74) is 2.53. The molecule has 4 heteroatoms. The van der Waals surface area contributed by atoms with Crippen LogP contribution in [0.3, 0.4) is 0 Å². The number of hydrogen-bond acceptors (Lipinski definition) is 3. The number of imidazole rings is 1. The lowest BCUT2D eigenvalue weighted by molar-refractivity contribution is -0.0129. The molecule has 1 N–H and O–H groups in total. The van der Waals surface area contributed by atoms with Gasteiger partial charge in [-0.1, -0.05) is 31.9 Å². The molecule has 2 atom stereocenters. The Hall–Kier alpha value is -1.39. The smallest absolute Gasteiger partial charge is 0.124 e. The van der Waals surface area contributed by atoms with Gasteiger partial charge in [-0.25, -0.2) is 4.98 Å². The topological polar surface area (TPSA) is 41.3 Å². The van der Waals surface area contributed by atoms with Crippen molar-refractivity contribution in [2.45, 2.75) is 71.1 Å². The number of benzene rings is 1. The van der Waals surface area contributed by atoms with E-state index in [1.807, 2.05) is 0 Å². The van der Waals surface area contributed by atoms with Crippen LogP contribution in [0.25, 0.3) is 11.0 Å². The van der Waals surface area contributed by atoms with Gasteiger partial charge in [-0.3, -0.25) is 4.90 Å². The average molecular weight is 341 g/mol. The minimum absolute atomic E-state index is 0.103. The molecule has 4 nitrogen and oxygen atoms in total. The molecule has 0 amide bonds. The van der Waals surface area contributed by atoms with E-state index in [4.69, 9.17) is 4.98 Å². The minimum atomic E-state index is -0.103. The highest BCUT2D eigenvalue weighted by atomic mass is 16.3. The number of fused-ring (bicyclic) bond motifs is 1. The third-order valence-corrected chi connectivity index (χ3v) is 6.38.